The number of rotatable bonds is 2. The van der Waals surface area contributed by atoms with E-state index in [1.165, 1.54) is 19.4 Å². The van der Waals surface area contributed by atoms with Gasteiger partial charge in [-0.2, -0.15) is 0 Å². The fraction of sp³-hybridized carbons (Fsp3) is 0.0909. The Morgan fingerprint density at radius 3 is 2.94 bits per heavy atom. The molecule has 0 atom stereocenters. The van der Waals surface area contributed by atoms with Gasteiger partial charge in [0, 0.05) is 23.1 Å². The van der Waals surface area contributed by atoms with E-state index in [1.54, 1.807) is 18.2 Å². The van der Waals surface area contributed by atoms with E-state index in [1.807, 2.05) is 0 Å². The number of fused-ring (bicyclic) bond motifs is 1. The van der Waals surface area contributed by atoms with Crippen molar-refractivity contribution in [1.29, 1.82) is 0 Å². The van der Waals surface area contributed by atoms with Crippen LogP contribution in [0.15, 0.2) is 38.6 Å². The molecule has 0 radical (unpaired) electrons. The van der Waals surface area contributed by atoms with Gasteiger partial charge in [0.25, 0.3) is 0 Å². The summed E-state index contributed by atoms with van der Waals surface area (Å²) in [4.78, 5) is 11.2. The second-order valence-electron chi connectivity index (χ2n) is 3.13. The molecule has 0 amide bonds. The maximum Gasteiger partial charge on any atom is 0.336 e. The molecule has 2 rings (SSSR count). The van der Waals surface area contributed by atoms with Crippen molar-refractivity contribution in [2.75, 3.05) is 7.11 Å². The molecule has 2 aromatic rings. The molecule has 0 aliphatic rings. The first kappa shape index (κ1) is 10.2. The van der Waals surface area contributed by atoms with Crippen molar-refractivity contribution in [3.8, 4) is 5.75 Å². The third-order valence-electron chi connectivity index (χ3n) is 2.18. The SMILES string of the molecule is COc1ccc2c(/C=N/O)cc(=O)oc2c1. The van der Waals surface area contributed by atoms with E-state index in [9.17, 15) is 4.79 Å². The van der Waals surface area contributed by atoms with E-state index < -0.39 is 5.63 Å². The standard InChI is InChI=1S/C11H9NO4/c1-15-8-2-3-9-7(6-12-14)4-11(13)16-10(9)5-8/h2-6,14H,1H3/b12-6+. The van der Waals surface area contributed by atoms with Gasteiger partial charge in [-0.3, -0.25) is 0 Å². The average molecular weight is 219 g/mol. The average Bonchev–Trinajstić information content (AvgIpc) is 2.28. The predicted octanol–water partition coefficient (Wildman–Crippen LogP) is 1.61. The van der Waals surface area contributed by atoms with Gasteiger partial charge in [0.05, 0.1) is 13.3 Å². The van der Waals surface area contributed by atoms with Gasteiger partial charge in [0.1, 0.15) is 11.3 Å². The predicted molar refractivity (Wildman–Crippen MR) is 58.4 cm³/mol. The Morgan fingerprint density at radius 2 is 2.25 bits per heavy atom. The molecule has 0 fully saturated rings. The van der Waals surface area contributed by atoms with Crippen LogP contribution >= 0.6 is 0 Å². The molecule has 1 N–H and O–H groups in total. The number of ether oxygens (including phenoxy) is 1. The first-order chi connectivity index (χ1) is 7.74. The number of methoxy groups -OCH3 is 1. The summed E-state index contributed by atoms with van der Waals surface area (Å²) in [5.41, 5.74) is 0.383. The van der Waals surface area contributed by atoms with Gasteiger partial charge in [0.15, 0.2) is 0 Å². The van der Waals surface area contributed by atoms with Crippen LogP contribution < -0.4 is 10.4 Å². The van der Waals surface area contributed by atoms with E-state index in [-0.39, 0.29) is 0 Å². The van der Waals surface area contributed by atoms with Crippen LogP contribution in [0.5, 0.6) is 5.75 Å². The van der Waals surface area contributed by atoms with Crippen molar-refractivity contribution in [2.24, 2.45) is 5.16 Å². The second kappa shape index (κ2) is 4.06. The first-order valence-corrected chi connectivity index (χ1v) is 4.54. The molecular weight excluding hydrogens is 210 g/mol. The Kier molecular flexibility index (Phi) is 2.59. The van der Waals surface area contributed by atoms with Crippen molar-refractivity contribution in [1.82, 2.24) is 0 Å². The monoisotopic (exact) mass is 219 g/mol. The molecule has 0 saturated carbocycles. The van der Waals surface area contributed by atoms with Gasteiger partial charge >= 0.3 is 5.63 Å². The van der Waals surface area contributed by atoms with Crippen molar-refractivity contribution in [2.45, 2.75) is 0 Å². The van der Waals surface area contributed by atoms with Crippen LogP contribution in [-0.4, -0.2) is 18.5 Å². The molecule has 1 heterocycles. The van der Waals surface area contributed by atoms with Crippen LogP contribution in [0.25, 0.3) is 11.0 Å². The highest BCUT2D eigenvalue weighted by molar-refractivity contribution is 5.97. The lowest BCUT2D eigenvalue weighted by atomic mass is 10.1. The van der Waals surface area contributed by atoms with E-state index in [0.29, 0.717) is 22.3 Å². The van der Waals surface area contributed by atoms with Crippen LogP contribution in [0.4, 0.5) is 0 Å². The number of hydrogen-bond acceptors (Lipinski definition) is 5. The van der Waals surface area contributed by atoms with Gasteiger partial charge in [-0.1, -0.05) is 5.16 Å². The Labute approximate surface area is 90.6 Å². The quantitative estimate of drug-likeness (QED) is 0.360. The molecule has 0 bridgehead atoms. The Hall–Kier alpha value is -2.30. The van der Waals surface area contributed by atoms with Crippen molar-refractivity contribution in [3.05, 3.63) is 40.2 Å². The highest BCUT2D eigenvalue weighted by Gasteiger charge is 2.05. The Morgan fingerprint density at radius 1 is 1.44 bits per heavy atom. The van der Waals surface area contributed by atoms with Crippen LogP contribution in [0, 0.1) is 0 Å². The lowest BCUT2D eigenvalue weighted by molar-refractivity contribution is 0.322. The van der Waals surface area contributed by atoms with Crippen LogP contribution in [0.1, 0.15) is 5.56 Å². The molecule has 5 nitrogen and oxygen atoms in total. The number of oxime groups is 1. The second-order valence-corrected chi connectivity index (χ2v) is 3.13. The molecule has 0 unspecified atom stereocenters. The smallest absolute Gasteiger partial charge is 0.336 e. The third kappa shape index (κ3) is 1.75. The highest BCUT2D eigenvalue weighted by Crippen LogP contribution is 2.21. The minimum atomic E-state index is -0.504. The molecular formula is C11H9NO4. The largest absolute Gasteiger partial charge is 0.497 e. The van der Waals surface area contributed by atoms with Gasteiger partial charge in [-0.15, -0.1) is 0 Å². The molecule has 5 heteroatoms. The molecule has 16 heavy (non-hydrogen) atoms. The van der Waals surface area contributed by atoms with Crippen molar-refractivity contribution in [3.63, 3.8) is 0 Å². The van der Waals surface area contributed by atoms with Crippen LogP contribution in [0.2, 0.25) is 0 Å². The summed E-state index contributed by atoms with van der Waals surface area (Å²) in [6, 6.07) is 6.32. The van der Waals surface area contributed by atoms with E-state index in [4.69, 9.17) is 14.4 Å². The molecule has 0 spiro atoms. The zero-order chi connectivity index (χ0) is 11.5. The molecule has 82 valence electrons. The first-order valence-electron chi connectivity index (χ1n) is 4.54. The minimum absolute atomic E-state index is 0.391. The van der Waals surface area contributed by atoms with Gasteiger partial charge < -0.3 is 14.4 Å². The summed E-state index contributed by atoms with van der Waals surface area (Å²) in [6.07, 6.45) is 1.19. The summed E-state index contributed by atoms with van der Waals surface area (Å²) in [5.74, 6) is 0.591. The highest BCUT2D eigenvalue weighted by atomic mass is 16.5. The third-order valence-corrected chi connectivity index (χ3v) is 2.18. The lowest BCUT2D eigenvalue weighted by Gasteiger charge is -2.02. The van der Waals surface area contributed by atoms with Crippen LogP contribution in [0.3, 0.4) is 0 Å². The summed E-state index contributed by atoms with van der Waals surface area (Å²) in [6.45, 7) is 0. The summed E-state index contributed by atoms with van der Waals surface area (Å²) in [5, 5.41) is 12.1. The van der Waals surface area contributed by atoms with E-state index in [0.717, 1.165) is 0 Å². The molecule has 0 saturated heterocycles. The molecule has 1 aromatic heterocycles. The van der Waals surface area contributed by atoms with E-state index in [2.05, 4.69) is 5.16 Å². The van der Waals surface area contributed by atoms with Crippen LogP contribution in [-0.2, 0) is 0 Å². The molecule has 1 aromatic carbocycles. The Balaban J connectivity index is 2.78. The number of hydrogen-bond donors (Lipinski definition) is 1. The normalized spacial score (nSPS) is 11.1. The van der Waals surface area contributed by atoms with Crippen molar-refractivity contribution < 1.29 is 14.4 Å². The maximum absolute atomic E-state index is 11.2. The van der Waals surface area contributed by atoms with Crippen molar-refractivity contribution >= 4 is 17.2 Å². The Bertz CT molecular complexity index is 600. The summed E-state index contributed by atoms with van der Waals surface area (Å²) < 4.78 is 10.0. The summed E-state index contributed by atoms with van der Waals surface area (Å²) in [7, 11) is 1.53. The fourth-order valence-electron chi connectivity index (χ4n) is 1.46. The van der Waals surface area contributed by atoms with E-state index >= 15 is 0 Å². The topological polar surface area (TPSA) is 72.0 Å². The number of nitrogens with zero attached hydrogens (tertiary/aromatic N) is 1. The zero-order valence-corrected chi connectivity index (χ0v) is 8.51. The van der Waals surface area contributed by atoms with Gasteiger partial charge in [0.2, 0.25) is 0 Å². The minimum Gasteiger partial charge on any atom is -0.497 e. The zero-order valence-electron chi connectivity index (χ0n) is 8.51. The summed E-state index contributed by atoms with van der Waals surface area (Å²) >= 11 is 0. The molecule has 0 aliphatic carbocycles. The lowest BCUT2D eigenvalue weighted by Crippen LogP contribution is -2.00. The molecule has 0 aliphatic heterocycles. The van der Waals surface area contributed by atoms with Gasteiger partial charge in [-0.25, -0.2) is 4.79 Å². The maximum atomic E-state index is 11.2. The fourth-order valence-corrected chi connectivity index (χ4v) is 1.46. The van der Waals surface area contributed by atoms with Gasteiger partial charge in [-0.05, 0) is 12.1 Å². The number of benzene rings is 1.